The van der Waals surface area contributed by atoms with Gasteiger partial charge in [-0.15, -0.1) is 0 Å². The van der Waals surface area contributed by atoms with Gasteiger partial charge in [0.1, 0.15) is 0 Å². The number of nitro groups is 1. The molecule has 1 aromatic heterocycles. The number of ether oxygens (including phenoxy) is 1. The highest BCUT2D eigenvalue weighted by molar-refractivity contribution is 8.13. The Hall–Kier alpha value is -1.19. The van der Waals surface area contributed by atoms with Crippen LogP contribution >= 0.6 is 10.7 Å². The Balaban J connectivity index is 2.43. The molecule has 1 unspecified atom stereocenters. The lowest BCUT2D eigenvalue weighted by atomic mass is 10.1. The minimum Gasteiger partial charge on any atom is -0.381 e. The van der Waals surface area contributed by atoms with Gasteiger partial charge in [0.25, 0.3) is 9.05 Å². The van der Waals surface area contributed by atoms with Crippen LogP contribution < -0.4 is 0 Å². The maximum atomic E-state index is 11.4. The molecule has 19 heavy (non-hydrogen) atoms. The van der Waals surface area contributed by atoms with Gasteiger partial charge in [0, 0.05) is 23.2 Å². The molecule has 1 aliphatic rings. The summed E-state index contributed by atoms with van der Waals surface area (Å²) in [5.41, 5.74) is 0.175. The van der Waals surface area contributed by atoms with E-state index in [2.05, 4.69) is 5.10 Å². The van der Waals surface area contributed by atoms with E-state index < -0.39 is 24.7 Å². The van der Waals surface area contributed by atoms with Crippen molar-refractivity contribution >= 4 is 25.6 Å². The molecule has 1 saturated heterocycles. The Bertz CT molecular complexity index is 606. The van der Waals surface area contributed by atoms with Crippen molar-refractivity contribution in [3.63, 3.8) is 0 Å². The molecule has 2 heterocycles. The van der Waals surface area contributed by atoms with E-state index in [9.17, 15) is 18.5 Å². The van der Waals surface area contributed by atoms with Crippen LogP contribution in [0.1, 0.15) is 12.1 Å². The Labute approximate surface area is 113 Å². The molecular formula is C9H12ClN3O5S. The van der Waals surface area contributed by atoms with Gasteiger partial charge < -0.3 is 14.9 Å². The molecule has 0 spiro atoms. The lowest BCUT2D eigenvalue weighted by molar-refractivity contribution is -0.392. The van der Waals surface area contributed by atoms with Gasteiger partial charge in [-0.1, -0.05) is 0 Å². The molecule has 1 aliphatic heterocycles. The minimum absolute atomic E-state index is 0.170. The summed E-state index contributed by atoms with van der Waals surface area (Å²) >= 11 is 0. The lowest BCUT2D eigenvalue weighted by Crippen LogP contribution is -2.13. The molecule has 106 valence electrons. The fourth-order valence-corrected chi connectivity index (χ4v) is 3.40. The maximum absolute atomic E-state index is 11.4. The van der Waals surface area contributed by atoms with Gasteiger partial charge in [-0.25, -0.2) is 8.42 Å². The van der Waals surface area contributed by atoms with Crippen molar-refractivity contribution in [1.29, 1.82) is 0 Å². The van der Waals surface area contributed by atoms with Crippen molar-refractivity contribution in [2.24, 2.45) is 5.92 Å². The van der Waals surface area contributed by atoms with Crippen LogP contribution in [-0.2, 0) is 20.3 Å². The van der Waals surface area contributed by atoms with E-state index >= 15 is 0 Å². The molecule has 0 saturated carbocycles. The number of halogens is 1. The molecule has 0 radical (unpaired) electrons. The smallest absolute Gasteiger partial charge is 0.381 e. The van der Waals surface area contributed by atoms with Gasteiger partial charge in [0.15, 0.2) is 0 Å². The van der Waals surface area contributed by atoms with Crippen LogP contribution in [0.15, 0.2) is 4.90 Å². The first-order chi connectivity index (χ1) is 8.80. The van der Waals surface area contributed by atoms with Crippen molar-refractivity contribution in [2.75, 3.05) is 13.2 Å². The zero-order valence-corrected chi connectivity index (χ0v) is 11.6. The third-order valence-corrected chi connectivity index (χ3v) is 4.43. The third kappa shape index (κ3) is 2.88. The Kier molecular flexibility index (Phi) is 3.79. The second-order valence-corrected chi connectivity index (χ2v) is 6.85. The first kappa shape index (κ1) is 14.2. The maximum Gasteiger partial charge on any atom is 0.410 e. The first-order valence-electron chi connectivity index (χ1n) is 5.55. The monoisotopic (exact) mass is 309 g/mol. The van der Waals surface area contributed by atoms with Crippen molar-refractivity contribution in [2.45, 2.75) is 24.8 Å². The Morgan fingerprint density at radius 1 is 1.63 bits per heavy atom. The quantitative estimate of drug-likeness (QED) is 0.468. The van der Waals surface area contributed by atoms with E-state index in [1.54, 1.807) is 0 Å². The van der Waals surface area contributed by atoms with Crippen LogP contribution in [0.25, 0.3) is 0 Å². The van der Waals surface area contributed by atoms with E-state index in [-0.39, 0.29) is 11.6 Å². The van der Waals surface area contributed by atoms with Crippen LogP contribution in [0.2, 0.25) is 0 Å². The summed E-state index contributed by atoms with van der Waals surface area (Å²) in [6.45, 7) is 2.99. The van der Waals surface area contributed by atoms with Gasteiger partial charge in [0.2, 0.25) is 4.90 Å². The SMILES string of the molecule is Cc1c(S(=O)(=O)Cl)c([N+](=O)[O-])nn1CC1CCOC1. The fraction of sp³-hybridized carbons (Fsp3) is 0.667. The predicted octanol–water partition coefficient (Wildman–Crippen LogP) is 1.06. The van der Waals surface area contributed by atoms with E-state index in [0.29, 0.717) is 19.8 Å². The van der Waals surface area contributed by atoms with Crippen LogP contribution in [0.3, 0.4) is 0 Å². The molecule has 1 fully saturated rings. The molecule has 0 bridgehead atoms. The fourth-order valence-electron chi connectivity index (χ4n) is 2.07. The Morgan fingerprint density at radius 2 is 2.32 bits per heavy atom. The lowest BCUT2D eigenvalue weighted by Gasteiger charge is -2.05. The first-order valence-corrected chi connectivity index (χ1v) is 7.86. The topological polar surface area (TPSA) is 104 Å². The zero-order valence-electron chi connectivity index (χ0n) is 10.1. The molecule has 0 aliphatic carbocycles. The summed E-state index contributed by atoms with van der Waals surface area (Å²) in [5, 5.41) is 14.6. The Morgan fingerprint density at radius 3 is 2.74 bits per heavy atom. The number of nitrogens with zero attached hydrogens (tertiary/aromatic N) is 3. The zero-order chi connectivity index (χ0) is 14.2. The summed E-state index contributed by atoms with van der Waals surface area (Å²) in [7, 11) is 1.03. The third-order valence-electron chi connectivity index (χ3n) is 3.01. The molecule has 10 heteroatoms. The molecule has 1 aromatic rings. The number of hydrogen-bond donors (Lipinski definition) is 0. The highest BCUT2D eigenvalue weighted by atomic mass is 35.7. The highest BCUT2D eigenvalue weighted by Gasteiger charge is 2.34. The standard InChI is InChI=1S/C9H12ClN3O5S/c1-6-8(19(10,16)17)9(13(14)15)11-12(6)4-7-2-3-18-5-7/h7H,2-5H2,1H3. The molecular weight excluding hydrogens is 298 g/mol. The summed E-state index contributed by atoms with van der Waals surface area (Å²) in [6, 6.07) is 0. The molecule has 0 aromatic carbocycles. The molecule has 2 rings (SSSR count). The van der Waals surface area contributed by atoms with E-state index in [1.165, 1.54) is 11.6 Å². The van der Waals surface area contributed by atoms with Crippen molar-refractivity contribution in [3.05, 3.63) is 15.8 Å². The largest absolute Gasteiger partial charge is 0.410 e. The van der Waals surface area contributed by atoms with Crippen LogP contribution in [-0.4, -0.2) is 36.3 Å². The summed E-state index contributed by atoms with van der Waals surface area (Å²) in [4.78, 5) is 9.48. The summed E-state index contributed by atoms with van der Waals surface area (Å²) < 4.78 is 29.3. The van der Waals surface area contributed by atoms with Crippen molar-refractivity contribution in [1.82, 2.24) is 9.78 Å². The van der Waals surface area contributed by atoms with Gasteiger partial charge in [0.05, 0.1) is 23.9 Å². The van der Waals surface area contributed by atoms with Gasteiger partial charge in [-0.2, -0.15) is 4.68 Å². The molecule has 0 amide bonds. The van der Waals surface area contributed by atoms with Gasteiger partial charge in [-0.05, 0) is 18.3 Å². The van der Waals surface area contributed by atoms with Crippen LogP contribution in [0.4, 0.5) is 5.82 Å². The highest BCUT2D eigenvalue weighted by Crippen LogP contribution is 2.30. The van der Waals surface area contributed by atoms with Crippen LogP contribution in [0, 0.1) is 23.0 Å². The summed E-state index contributed by atoms with van der Waals surface area (Å²) in [6.07, 6.45) is 0.816. The van der Waals surface area contributed by atoms with E-state index in [1.807, 2.05) is 0 Å². The minimum atomic E-state index is -4.21. The normalized spacial score (nSPS) is 19.8. The number of hydrogen-bond acceptors (Lipinski definition) is 6. The number of aromatic nitrogens is 2. The van der Waals surface area contributed by atoms with Gasteiger partial charge >= 0.3 is 5.82 Å². The van der Waals surface area contributed by atoms with Crippen molar-refractivity contribution < 1.29 is 18.1 Å². The number of rotatable bonds is 4. The van der Waals surface area contributed by atoms with Crippen LogP contribution in [0.5, 0.6) is 0 Å². The average Bonchev–Trinajstić information content (AvgIpc) is 2.87. The second-order valence-electron chi connectivity index (χ2n) is 4.34. The van der Waals surface area contributed by atoms with Gasteiger partial charge in [-0.3, -0.25) is 0 Å². The predicted molar refractivity (Wildman–Crippen MR) is 65.6 cm³/mol. The molecule has 8 nitrogen and oxygen atoms in total. The second kappa shape index (κ2) is 5.06. The summed E-state index contributed by atoms with van der Waals surface area (Å²) in [5.74, 6) is -0.560. The van der Waals surface area contributed by atoms with E-state index in [0.717, 1.165) is 6.42 Å². The average molecular weight is 310 g/mol. The molecule has 1 atom stereocenters. The van der Waals surface area contributed by atoms with Crippen molar-refractivity contribution in [3.8, 4) is 0 Å². The van der Waals surface area contributed by atoms with E-state index in [4.69, 9.17) is 15.4 Å². The molecule has 0 N–H and O–H groups in total.